The van der Waals surface area contributed by atoms with Gasteiger partial charge in [0.15, 0.2) is 0 Å². The number of nitrogens with one attached hydrogen (secondary N) is 2. The van der Waals surface area contributed by atoms with Gasteiger partial charge in [-0.25, -0.2) is 4.98 Å². The monoisotopic (exact) mass is 353 g/mol. The van der Waals surface area contributed by atoms with Crippen molar-refractivity contribution in [1.29, 1.82) is 0 Å². The molecule has 0 bridgehead atoms. The second kappa shape index (κ2) is 7.74. The van der Waals surface area contributed by atoms with Crippen LogP contribution in [0.5, 0.6) is 5.88 Å². The highest BCUT2D eigenvalue weighted by Crippen LogP contribution is 2.26. The number of rotatable bonds is 4. The Morgan fingerprint density at radius 2 is 2.23 bits per heavy atom. The molecule has 2 aromatic rings. The minimum Gasteiger partial charge on any atom is -0.472 e. The zero-order valence-corrected chi connectivity index (χ0v) is 14.6. The lowest BCUT2D eigenvalue weighted by molar-refractivity contribution is -0.00447. The molecule has 2 atom stereocenters. The summed E-state index contributed by atoms with van der Waals surface area (Å²) in [6, 6.07) is 11.2. The Bertz CT molecular complexity index is 766. The fraction of sp³-hybridized carbons (Fsp3) is 0.400. The molecule has 0 saturated carbocycles. The number of hydrogen-bond acceptors (Lipinski definition) is 5. The van der Waals surface area contributed by atoms with E-state index in [9.17, 15) is 4.79 Å². The van der Waals surface area contributed by atoms with Crippen molar-refractivity contribution in [1.82, 2.24) is 10.3 Å². The van der Waals surface area contributed by atoms with Crippen molar-refractivity contribution in [2.24, 2.45) is 0 Å². The van der Waals surface area contributed by atoms with Gasteiger partial charge in [0.1, 0.15) is 6.10 Å². The van der Waals surface area contributed by atoms with E-state index in [2.05, 4.69) is 21.7 Å². The van der Waals surface area contributed by atoms with E-state index in [1.807, 2.05) is 30.3 Å². The average molecular weight is 353 g/mol. The number of aromatic nitrogens is 1. The molecular weight excluding hydrogens is 330 g/mol. The highest BCUT2D eigenvalue weighted by molar-refractivity contribution is 6.00. The predicted octanol–water partition coefficient (Wildman–Crippen LogP) is 2.41. The van der Waals surface area contributed by atoms with Gasteiger partial charge in [-0.15, -0.1) is 0 Å². The molecule has 0 spiro atoms. The largest absolute Gasteiger partial charge is 0.472 e. The molecule has 0 aliphatic carbocycles. The molecule has 2 aliphatic rings. The van der Waals surface area contributed by atoms with Crippen LogP contribution in [0.3, 0.4) is 0 Å². The normalized spacial score (nSPS) is 22.0. The predicted molar refractivity (Wildman–Crippen MR) is 98.6 cm³/mol. The van der Waals surface area contributed by atoms with Crippen molar-refractivity contribution in [3.05, 3.63) is 53.7 Å². The summed E-state index contributed by atoms with van der Waals surface area (Å²) in [5.41, 5.74) is 2.84. The van der Waals surface area contributed by atoms with Gasteiger partial charge in [-0.05, 0) is 30.5 Å². The summed E-state index contributed by atoms with van der Waals surface area (Å²) in [4.78, 5) is 17.1. The topological polar surface area (TPSA) is 72.5 Å². The summed E-state index contributed by atoms with van der Waals surface area (Å²) < 4.78 is 11.6. The lowest BCUT2D eigenvalue weighted by Crippen LogP contribution is -2.52. The van der Waals surface area contributed by atoms with Crippen molar-refractivity contribution in [2.75, 3.05) is 25.1 Å². The van der Waals surface area contributed by atoms with Crippen LogP contribution in [0.1, 0.15) is 28.8 Å². The van der Waals surface area contributed by atoms with Crippen LogP contribution in [0.2, 0.25) is 0 Å². The Hall–Kier alpha value is -2.60. The van der Waals surface area contributed by atoms with Crippen LogP contribution in [0, 0.1) is 0 Å². The molecule has 0 unspecified atom stereocenters. The first-order chi connectivity index (χ1) is 12.8. The number of hydrogen-bond donors (Lipinski definition) is 2. The third-order valence-electron chi connectivity index (χ3n) is 4.84. The standard InChI is InChI=1S/C20H23N3O3/c24-20(15-7-3-5-14-6-4-11-22-19(14)15)23-16-13-25-12-9-17(16)26-18-8-1-2-10-21-18/h1-3,5,7-8,10,16-17,22H,4,6,9,11-13H2,(H,23,24)/t16-,17-/m1/s1. The van der Waals surface area contributed by atoms with Crippen molar-refractivity contribution in [2.45, 2.75) is 31.4 Å². The number of anilines is 1. The molecule has 1 saturated heterocycles. The Balaban J connectivity index is 1.49. The van der Waals surface area contributed by atoms with Gasteiger partial charge in [-0.2, -0.15) is 0 Å². The number of aryl methyl sites for hydroxylation is 1. The van der Waals surface area contributed by atoms with Crippen LogP contribution in [-0.2, 0) is 11.2 Å². The first-order valence-electron chi connectivity index (χ1n) is 9.13. The molecule has 6 heteroatoms. The van der Waals surface area contributed by atoms with Gasteiger partial charge in [0.25, 0.3) is 5.91 Å². The van der Waals surface area contributed by atoms with Crippen molar-refractivity contribution in [3.63, 3.8) is 0 Å². The molecule has 2 N–H and O–H groups in total. The maximum atomic E-state index is 12.9. The van der Waals surface area contributed by atoms with Gasteiger partial charge in [-0.1, -0.05) is 18.2 Å². The highest BCUT2D eigenvalue weighted by Gasteiger charge is 2.30. The van der Waals surface area contributed by atoms with Gasteiger partial charge in [0.05, 0.1) is 30.5 Å². The summed E-state index contributed by atoms with van der Waals surface area (Å²) in [5.74, 6) is 0.471. The summed E-state index contributed by atoms with van der Waals surface area (Å²) >= 11 is 0. The summed E-state index contributed by atoms with van der Waals surface area (Å²) in [5, 5.41) is 6.47. The van der Waals surface area contributed by atoms with Gasteiger partial charge < -0.3 is 20.1 Å². The Labute approximate surface area is 152 Å². The number of nitrogens with zero attached hydrogens (tertiary/aromatic N) is 1. The Morgan fingerprint density at radius 1 is 1.27 bits per heavy atom. The van der Waals surface area contributed by atoms with Crippen molar-refractivity contribution >= 4 is 11.6 Å². The molecular formula is C20H23N3O3. The minimum absolute atomic E-state index is 0.0960. The molecule has 1 aromatic heterocycles. The van der Waals surface area contributed by atoms with E-state index in [1.54, 1.807) is 6.20 Å². The lowest BCUT2D eigenvalue weighted by atomic mass is 9.98. The first kappa shape index (κ1) is 16.8. The van der Waals surface area contributed by atoms with Crippen LogP contribution >= 0.6 is 0 Å². The third kappa shape index (κ3) is 3.65. The molecule has 26 heavy (non-hydrogen) atoms. The van der Waals surface area contributed by atoms with E-state index in [0.29, 0.717) is 31.1 Å². The molecule has 0 radical (unpaired) electrons. The van der Waals surface area contributed by atoms with Crippen molar-refractivity contribution < 1.29 is 14.3 Å². The van der Waals surface area contributed by atoms with Gasteiger partial charge >= 0.3 is 0 Å². The van der Waals surface area contributed by atoms with E-state index in [1.165, 1.54) is 5.56 Å². The molecule has 4 rings (SSSR count). The summed E-state index contributed by atoms with van der Waals surface area (Å²) in [6.45, 7) is 1.95. The van der Waals surface area contributed by atoms with Crippen LogP contribution < -0.4 is 15.4 Å². The van der Waals surface area contributed by atoms with Crippen molar-refractivity contribution in [3.8, 4) is 5.88 Å². The van der Waals surface area contributed by atoms with E-state index < -0.39 is 0 Å². The molecule has 6 nitrogen and oxygen atoms in total. The quantitative estimate of drug-likeness (QED) is 0.883. The second-order valence-electron chi connectivity index (χ2n) is 6.64. The second-order valence-corrected chi connectivity index (χ2v) is 6.64. The molecule has 1 amide bonds. The molecule has 2 aliphatic heterocycles. The summed E-state index contributed by atoms with van der Waals surface area (Å²) in [6.07, 6.45) is 4.35. The van der Waals surface area contributed by atoms with Crippen LogP contribution in [0.25, 0.3) is 0 Å². The Kier molecular flexibility index (Phi) is 5.02. The van der Waals surface area contributed by atoms with Crippen LogP contribution in [-0.4, -0.2) is 42.8 Å². The summed E-state index contributed by atoms with van der Waals surface area (Å²) in [7, 11) is 0. The van der Waals surface area contributed by atoms with E-state index in [4.69, 9.17) is 9.47 Å². The Morgan fingerprint density at radius 3 is 3.12 bits per heavy atom. The number of pyridine rings is 1. The number of para-hydroxylation sites is 1. The minimum atomic E-state index is -0.210. The zero-order valence-electron chi connectivity index (χ0n) is 14.6. The van der Waals surface area contributed by atoms with Gasteiger partial charge in [0.2, 0.25) is 5.88 Å². The maximum Gasteiger partial charge on any atom is 0.253 e. The average Bonchev–Trinajstić information content (AvgIpc) is 2.70. The fourth-order valence-corrected chi connectivity index (χ4v) is 3.51. The van der Waals surface area contributed by atoms with E-state index in [0.717, 1.165) is 25.1 Å². The first-order valence-corrected chi connectivity index (χ1v) is 9.13. The number of fused-ring (bicyclic) bond motifs is 1. The molecule has 1 aromatic carbocycles. The smallest absolute Gasteiger partial charge is 0.253 e. The number of carbonyl (C=O) groups excluding carboxylic acids is 1. The van der Waals surface area contributed by atoms with Crippen LogP contribution in [0.15, 0.2) is 42.6 Å². The SMILES string of the molecule is O=C(N[C@@H]1COCC[C@H]1Oc1ccccn1)c1cccc2c1NCCC2. The zero-order chi connectivity index (χ0) is 17.8. The molecule has 136 valence electrons. The number of benzene rings is 1. The number of ether oxygens (including phenoxy) is 2. The van der Waals surface area contributed by atoms with Gasteiger partial charge in [-0.3, -0.25) is 4.79 Å². The number of amides is 1. The lowest BCUT2D eigenvalue weighted by Gasteiger charge is -2.32. The highest BCUT2D eigenvalue weighted by atomic mass is 16.5. The third-order valence-corrected chi connectivity index (χ3v) is 4.84. The van der Waals surface area contributed by atoms with Gasteiger partial charge in [0, 0.05) is 25.2 Å². The molecule has 3 heterocycles. The maximum absolute atomic E-state index is 12.9. The fourth-order valence-electron chi connectivity index (χ4n) is 3.51. The van der Waals surface area contributed by atoms with E-state index >= 15 is 0 Å². The molecule has 1 fully saturated rings. The number of carbonyl (C=O) groups is 1. The van der Waals surface area contributed by atoms with Crippen LogP contribution in [0.4, 0.5) is 5.69 Å². The van der Waals surface area contributed by atoms with E-state index in [-0.39, 0.29) is 18.1 Å².